The zero-order valence-electron chi connectivity index (χ0n) is 13.4. The van der Waals surface area contributed by atoms with E-state index in [2.05, 4.69) is 15.5 Å². The lowest BCUT2D eigenvalue weighted by Crippen LogP contribution is -2.38. The third-order valence-corrected chi connectivity index (χ3v) is 3.62. The summed E-state index contributed by atoms with van der Waals surface area (Å²) in [6.07, 6.45) is 0. The van der Waals surface area contributed by atoms with E-state index >= 15 is 0 Å². The van der Waals surface area contributed by atoms with Gasteiger partial charge in [0.15, 0.2) is 0 Å². The van der Waals surface area contributed by atoms with Crippen LogP contribution in [0.3, 0.4) is 0 Å². The van der Waals surface area contributed by atoms with Crippen molar-refractivity contribution >= 4 is 11.6 Å². The monoisotopic (exact) mass is 307 g/mol. The molecule has 1 aliphatic heterocycles. The molecule has 122 valence electrons. The van der Waals surface area contributed by atoms with E-state index in [1.807, 2.05) is 19.1 Å². The number of hydrogen-bond donors (Lipinski definition) is 2. The van der Waals surface area contributed by atoms with E-state index in [1.54, 1.807) is 13.1 Å². The predicted octanol–water partition coefficient (Wildman–Crippen LogP) is 1.19. The molecule has 6 nitrogen and oxygen atoms in total. The number of morpholine rings is 1. The molecule has 2 N–H and O–H groups in total. The van der Waals surface area contributed by atoms with Crippen molar-refractivity contribution in [2.75, 3.05) is 58.4 Å². The second kappa shape index (κ2) is 8.60. The van der Waals surface area contributed by atoms with Gasteiger partial charge in [0.2, 0.25) is 0 Å². The third kappa shape index (κ3) is 4.61. The number of benzene rings is 1. The molecule has 1 heterocycles. The third-order valence-electron chi connectivity index (χ3n) is 3.62. The minimum absolute atomic E-state index is 0.0921. The maximum absolute atomic E-state index is 12.1. The van der Waals surface area contributed by atoms with Gasteiger partial charge in [-0.1, -0.05) is 0 Å². The van der Waals surface area contributed by atoms with Crippen molar-refractivity contribution in [3.63, 3.8) is 0 Å². The van der Waals surface area contributed by atoms with Crippen molar-refractivity contribution in [1.82, 2.24) is 10.2 Å². The van der Waals surface area contributed by atoms with Gasteiger partial charge in [-0.2, -0.15) is 0 Å². The molecule has 1 aromatic carbocycles. The molecule has 0 aromatic heterocycles. The standard InChI is InChI=1S/C16H25N3O3/c1-3-18-16(20)14-12-13(4-5-15(14)17-2)22-11-8-19-6-9-21-10-7-19/h4-5,12,17H,3,6-11H2,1-2H3,(H,18,20). The predicted molar refractivity (Wildman–Crippen MR) is 86.7 cm³/mol. The van der Waals surface area contributed by atoms with Crippen molar-refractivity contribution in [2.24, 2.45) is 0 Å². The smallest absolute Gasteiger partial charge is 0.253 e. The summed E-state index contributed by atoms with van der Waals surface area (Å²) < 4.78 is 11.1. The number of hydrogen-bond acceptors (Lipinski definition) is 5. The summed E-state index contributed by atoms with van der Waals surface area (Å²) in [5.41, 5.74) is 1.40. The fourth-order valence-electron chi connectivity index (χ4n) is 2.39. The Hall–Kier alpha value is -1.79. The van der Waals surface area contributed by atoms with Gasteiger partial charge in [-0.15, -0.1) is 0 Å². The summed E-state index contributed by atoms with van der Waals surface area (Å²) in [6.45, 7) is 7.46. The van der Waals surface area contributed by atoms with Crippen LogP contribution in [0.25, 0.3) is 0 Å². The van der Waals surface area contributed by atoms with Crippen LogP contribution in [0.4, 0.5) is 5.69 Å². The van der Waals surface area contributed by atoms with Crippen LogP contribution in [0.15, 0.2) is 18.2 Å². The van der Waals surface area contributed by atoms with E-state index in [0.29, 0.717) is 24.5 Å². The van der Waals surface area contributed by atoms with E-state index in [1.165, 1.54) is 0 Å². The van der Waals surface area contributed by atoms with Gasteiger partial charge in [0.05, 0.1) is 18.8 Å². The first-order valence-corrected chi connectivity index (χ1v) is 7.77. The van der Waals surface area contributed by atoms with Crippen molar-refractivity contribution in [2.45, 2.75) is 6.92 Å². The molecule has 0 unspecified atom stereocenters. The molecule has 0 atom stereocenters. The van der Waals surface area contributed by atoms with Crippen LogP contribution in [0.1, 0.15) is 17.3 Å². The number of amides is 1. The molecule has 1 aliphatic rings. The highest BCUT2D eigenvalue weighted by molar-refractivity contribution is 6.00. The summed E-state index contributed by atoms with van der Waals surface area (Å²) in [4.78, 5) is 14.4. The Morgan fingerprint density at radius 3 is 2.82 bits per heavy atom. The Labute approximate surface area is 131 Å². The van der Waals surface area contributed by atoms with Crippen LogP contribution in [0.2, 0.25) is 0 Å². The number of anilines is 1. The molecular weight excluding hydrogens is 282 g/mol. The van der Waals surface area contributed by atoms with E-state index in [0.717, 1.165) is 38.5 Å². The molecule has 0 bridgehead atoms. The average molecular weight is 307 g/mol. The molecule has 1 amide bonds. The highest BCUT2D eigenvalue weighted by atomic mass is 16.5. The number of carbonyl (C=O) groups is 1. The average Bonchev–Trinajstić information content (AvgIpc) is 2.56. The highest BCUT2D eigenvalue weighted by Crippen LogP contribution is 2.22. The number of nitrogens with one attached hydrogen (secondary N) is 2. The first-order valence-electron chi connectivity index (χ1n) is 7.77. The molecule has 1 saturated heterocycles. The van der Waals surface area contributed by atoms with Gasteiger partial charge in [0, 0.05) is 38.9 Å². The first kappa shape index (κ1) is 16.6. The molecule has 0 aliphatic carbocycles. The van der Waals surface area contributed by atoms with Crippen LogP contribution in [0, 0.1) is 0 Å². The number of rotatable bonds is 7. The van der Waals surface area contributed by atoms with Gasteiger partial charge in [0.25, 0.3) is 5.91 Å². The van der Waals surface area contributed by atoms with Crippen LogP contribution >= 0.6 is 0 Å². The Bertz CT molecular complexity index is 488. The molecule has 1 aromatic rings. The summed E-state index contributed by atoms with van der Waals surface area (Å²) >= 11 is 0. The fraction of sp³-hybridized carbons (Fsp3) is 0.562. The van der Waals surface area contributed by atoms with Crippen molar-refractivity contribution in [3.05, 3.63) is 23.8 Å². The first-order chi connectivity index (χ1) is 10.7. The number of carbonyl (C=O) groups excluding carboxylic acids is 1. The summed E-state index contributed by atoms with van der Waals surface area (Å²) in [6, 6.07) is 5.54. The van der Waals surface area contributed by atoms with E-state index in [4.69, 9.17) is 9.47 Å². The molecule has 0 radical (unpaired) electrons. The second-order valence-corrected chi connectivity index (χ2v) is 5.12. The summed E-state index contributed by atoms with van der Waals surface area (Å²) in [7, 11) is 1.80. The van der Waals surface area contributed by atoms with E-state index in [-0.39, 0.29) is 5.91 Å². The van der Waals surface area contributed by atoms with Gasteiger partial charge in [0.1, 0.15) is 12.4 Å². The normalized spacial score (nSPS) is 15.4. The van der Waals surface area contributed by atoms with Gasteiger partial charge in [-0.05, 0) is 25.1 Å². The molecular formula is C16H25N3O3. The number of ether oxygens (including phenoxy) is 2. The molecule has 2 rings (SSSR count). The van der Waals surface area contributed by atoms with Crippen LogP contribution in [0.5, 0.6) is 5.75 Å². The Morgan fingerprint density at radius 1 is 1.36 bits per heavy atom. The SMILES string of the molecule is CCNC(=O)c1cc(OCCN2CCOCC2)ccc1NC. The Balaban J connectivity index is 1.92. The number of nitrogens with zero attached hydrogens (tertiary/aromatic N) is 1. The van der Waals surface area contributed by atoms with Gasteiger partial charge < -0.3 is 20.1 Å². The molecule has 22 heavy (non-hydrogen) atoms. The largest absolute Gasteiger partial charge is 0.492 e. The molecule has 6 heteroatoms. The Kier molecular flexibility index (Phi) is 6.48. The molecule has 0 saturated carbocycles. The summed E-state index contributed by atoms with van der Waals surface area (Å²) in [5.74, 6) is 0.624. The maximum Gasteiger partial charge on any atom is 0.253 e. The Morgan fingerprint density at radius 2 is 2.14 bits per heavy atom. The fourth-order valence-corrected chi connectivity index (χ4v) is 2.39. The van der Waals surface area contributed by atoms with Crippen molar-refractivity contribution in [1.29, 1.82) is 0 Å². The van der Waals surface area contributed by atoms with Crippen molar-refractivity contribution in [3.8, 4) is 5.75 Å². The highest BCUT2D eigenvalue weighted by Gasteiger charge is 2.13. The molecule has 1 fully saturated rings. The maximum atomic E-state index is 12.1. The quantitative estimate of drug-likeness (QED) is 0.792. The van der Waals surface area contributed by atoms with E-state index in [9.17, 15) is 4.79 Å². The second-order valence-electron chi connectivity index (χ2n) is 5.12. The van der Waals surface area contributed by atoms with Crippen LogP contribution in [-0.4, -0.2) is 63.9 Å². The lowest BCUT2D eigenvalue weighted by Gasteiger charge is -2.26. The summed E-state index contributed by atoms with van der Waals surface area (Å²) in [5, 5.41) is 5.85. The van der Waals surface area contributed by atoms with Crippen molar-refractivity contribution < 1.29 is 14.3 Å². The lowest BCUT2D eigenvalue weighted by molar-refractivity contribution is 0.0322. The van der Waals surface area contributed by atoms with Crippen LogP contribution in [-0.2, 0) is 4.74 Å². The lowest BCUT2D eigenvalue weighted by atomic mass is 10.1. The van der Waals surface area contributed by atoms with E-state index < -0.39 is 0 Å². The zero-order chi connectivity index (χ0) is 15.8. The topological polar surface area (TPSA) is 62.8 Å². The molecule has 0 spiro atoms. The minimum atomic E-state index is -0.0921. The van der Waals surface area contributed by atoms with Crippen LogP contribution < -0.4 is 15.4 Å². The van der Waals surface area contributed by atoms with Gasteiger partial charge >= 0.3 is 0 Å². The van der Waals surface area contributed by atoms with Gasteiger partial charge in [-0.25, -0.2) is 0 Å². The zero-order valence-corrected chi connectivity index (χ0v) is 13.4. The minimum Gasteiger partial charge on any atom is -0.492 e. The van der Waals surface area contributed by atoms with Gasteiger partial charge in [-0.3, -0.25) is 9.69 Å².